The van der Waals surface area contributed by atoms with Crippen LogP contribution in [0.4, 0.5) is 23.0 Å². The van der Waals surface area contributed by atoms with Gasteiger partial charge in [0.1, 0.15) is 36.1 Å². The quantitative estimate of drug-likeness (QED) is 0.262. The normalized spacial score (nSPS) is 20.2. The Morgan fingerprint density at radius 2 is 1.17 bits per heavy atom. The molecule has 0 saturated heterocycles. The van der Waals surface area contributed by atoms with Gasteiger partial charge in [-0.15, -0.1) is 0 Å². The minimum absolute atomic E-state index is 0.104. The fourth-order valence-electron chi connectivity index (χ4n) is 8.39. The van der Waals surface area contributed by atoms with Gasteiger partial charge in [-0.2, -0.15) is 15.2 Å². The van der Waals surface area contributed by atoms with Crippen LogP contribution in [0.3, 0.4) is 0 Å². The number of nitrogens with two attached hydrogens (primary N) is 1. The Morgan fingerprint density at radius 1 is 0.722 bits per heavy atom. The van der Waals surface area contributed by atoms with Gasteiger partial charge in [0.25, 0.3) is 0 Å². The number of rotatable bonds is 9. The molecule has 2 aliphatic carbocycles. The first-order valence-corrected chi connectivity index (χ1v) is 19.3. The number of fused-ring (bicyclic) bond motifs is 2. The lowest BCUT2D eigenvalue weighted by molar-refractivity contribution is -0.120. The first-order valence-electron chi connectivity index (χ1n) is 19.3. The molecule has 0 spiro atoms. The van der Waals surface area contributed by atoms with E-state index in [0.717, 1.165) is 73.7 Å². The van der Waals surface area contributed by atoms with E-state index in [4.69, 9.17) is 21.0 Å². The van der Waals surface area contributed by atoms with Crippen LogP contribution >= 0.6 is 0 Å². The van der Waals surface area contributed by atoms with E-state index in [1.807, 2.05) is 17.8 Å². The summed E-state index contributed by atoms with van der Waals surface area (Å²) in [4.78, 5) is 60.9. The molecule has 2 aliphatic heterocycles. The van der Waals surface area contributed by atoms with Crippen molar-refractivity contribution in [3.63, 3.8) is 0 Å². The van der Waals surface area contributed by atoms with Crippen LogP contribution in [0.1, 0.15) is 89.4 Å². The molecular formula is C38H50N14O2. The van der Waals surface area contributed by atoms with E-state index in [0.29, 0.717) is 36.2 Å². The maximum absolute atomic E-state index is 12.9. The zero-order chi connectivity index (χ0) is 37.9. The summed E-state index contributed by atoms with van der Waals surface area (Å²) < 4.78 is 3.56. The predicted molar refractivity (Wildman–Crippen MR) is 205 cm³/mol. The number of likely N-dealkylation sites (N-methyl/N-ethyl adjacent to an activating group) is 2. The Bertz CT molecular complexity index is 2010. The summed E-state index contributed by atoms with van der Waals surface area (Å²) in [5, 5.41) is 8.85. The third kappa shape index (κ3) is 6.88. The van der Waals surface area contributed by atoms with Gasteiger partial charge in [0.05, 0.1) is 36.3 Å². The van der Waals surface area contributed by atoms with Crippen molar-refractivity contribution in [1.29, 1.82) is 5.26 Å². The van der Waals surface area contributed by atoms with E-state index in [2.05, 4.69) is 49.7 Å². The molecule has 2 saturated carbocycles. The number of aromatic nitrogens is 8. The van der Waals surface area contributed by atoms with E-state index in [-0.39, 0.29) is 30.3 Å². The van der Waals surface area contributed by atoms with Crippen LogP contribution in [0, 0.1) is 11.3 Å². The summed E-state index contributed by atoms with van der Waals surface area (Å²) in [6, 6.07) is 2.45. The highest BCUT2D eigenvalue weighted by molar-refractivity contribution is 6.05. The van der Waals surface area contributed by atoms with E-state index < -0.39 is 0 Å². The number of imidazole rings is 2. The topological polar surface area (TPSA) is 184 Å². The number of amides is 2. The Balaban J connectivity index is 0.000000167. The van der Waals surface area contributed by atoms with Gasteiger partial charge in [-0.3, -0.25) is 18.7 Å². The molecule has 2 fully saturated rings. The van der Waals surface area contributed by atoms with Gasteiger partial charge in [-0.1, -0.05) is 39.5 Å². The molecule has 0 bridgehead atoms. The molecule has 4 aromatic heterocycles. The van der Waals surface area contributed by atoms with Crippen LogP contribution in [-0.2, 0) is 22.4 Å². The Labute approximate surface area is 316 Å². The summed E-state index contributed by atoms with van der Waals surface area (Å²) in [7, 11) is 3.61. The van der Waals surface area contributed by atoms with Gasteiger partial charge < -0.3 is 25.3 Å². The highest BCUT2D eigenvalue weighted by Gasteiger charge is 2.42. The Morgan fingerprint density at radius 3 is 1.59 bits per heavy atom. The van der Waals surface area contributed by atoms with Gasteiger partial charge in [0, 0.05) is 45.0 Å². The van der Waals surface area contributed by atoms with Crippen molar-refractivity contribution >= 4 is 34.8 Å². The van der Waals surface area contributed by atoms with Crippen LogP contribution in [0.25, 0.3) is 11.9 Å². The second-order valence-corrected chi connectivity index (χ2v) is 14.5. The number of carbonyl (C=O) groups excluding carboxylic acids is 2. The van der Waals surface area contributed by atoms with Gasteiger partial charge >= 0.3 is 0 Å². The van der Waals surface area contributed by atoms with Crippen molar-refractivity contribution in [2.75, 3.05) is 40.2 Å². The van der Waals surface area contributed by atoms with Crippen molar-refractivity contribution in [3.8, 4) is 18.0 Å². The number of carbonyl (C=O) groups is 2. The highest BCUT2D eigenvalue weighted by atomic mass is 16.2. The van der Waals surface area contributed by atoms with Crippen molar-refractivity contribution in [2.24, 2.45) is 5.73 Å². The van der Waals surface area contributed by atoms with Gasteiger partial charge in [0.15, 0.2) is 11.6 Å². The Kier molecular flexibility index (Phi) is 10.9. The molecule has 6 heterocycles. The number of nitrogens with zero attached hydrogens (tertiary/aromatic N) is 13. The maximum atomic E-state index is 12.9. The molecule has 16 nitrogen and oxygen atoms in total. The summed E-state index contributed by atoms with van der Waals surface area (Å²) in [6.07, 6.45) is 22.2. The lowest BCUT2D eigenvalue weighted by atomic mass is 10.0. The van der Waals surface area contributed by atoms with Crippen LogP contribution in [0.2, 0.25) is 0 Å². The molecule has 4 aromatic rings. The van der Waals surface area contributed by atoms with Crippen molar-refractivity contribution in [3.05, 3.63) is 48.8 Å². The molecule has 0 unspecified atom stereocenters. The maximum Gasteiger partial charge on any atom is 0.249 e. The summed E-state index contributed by atoms with van der Waals surface area (Å²) in [6.45, 7) is 4.68. The smallest absolute Gasteiger partial charge is 0.249 e. The molecule has 8 rings (SSSR count). The van der Waals surface area contributed by atoms with Crippen molar-refractivity contribution in [1.82, 2.24) is 39.0 Å². The van der Waals surface area contributed by atoms with E-state index in [1.165, 1.54) is 25.7 Å². The van der Waals surface area contributed by atoms with Crippen molar-refractivity contribution < 1.29 is 9.59 Å². The second-order valence-electron chi connectivity index (χ2n) is 14.5. The van der Waals surface area contributed by atoms with Gasteiger partial charge in [-0.25, -0.2) is 19.9 Å². The molecule has 0 aromatic carbocycles. The molecule has 2 atom stereocenters. The van der Waals surface area contributed by atoms with E-state index >= 15 is 0 Å². The van der Waals surface area contributed by atoms with E-state index in [9.17, 15) is 9.59 Å². The zero-order valence-electron chi connectivity index (χ0n) is 31.7. The number of nitriles is 1. The minimum Gasteiger partial charge on any atom is -0.340 e. The Hall–Kier alpha value is -5.43. The predicted octanol–water partition coefficient (Wildman–Crippen LogP) is 3.90. The molecular weight excluding hydrogens is 685 g/mol. The van der Waals surface area contributed by atoms with Crippen LogP contribution < -0.4 is 25.3 Å². The number of hydrogen-bond donors (Lipinski definition) is 1. The number of anilines is 4. The monoisotopic (exact) mass is 734 g/mol. The first kappa shape index (κ1) is 36.9. The third-order valence-corrected chi connectivity index (χ3v) is 11.2. The average molecular weight is 735 g/mol. The molecule has 2 N–H and O–H groups in total. The molecule has 4 aliphatic rings. The molecule has 2 amide bonds. The molecule has 284 valence electrons. The molecule has 54 heavy (non-hydrogen) atoms. The summed E-state index contributed by atoms with van der Waals surface area (Å²) >= 11 is 0. The zero-order valence-corrected chi connectivity index (χ0v) is 31.7. The minimum atomic E-state index is -0.190. The highest BCUT2D eigenvalue weighted by Crippen LogP contribution is 2.41. The lowest BCUT2D eigenvalue weighted by Crippen LogP contribution is -2.55. The van der Waals surface area contributed by atoms with Crippen LogP contribution in [0.5, 0.6) is 0 Å². The lowest BCUT2D eigenvalue weighted by Gasteiger charge is -2.43. The average Bonchev–Trinajstić information content (AvgIpc) is 4.04. The molecule has 16 heteroatoms. The van der Waals surface area contributed by atoms with Crippen LogP contribution in [0.15, 0.2) is 37.4 Å². The standard InChI is InChI=1S/C19H27N7O.C19H23N7O/c2*1-3-15-18(27)24(2)16-10-21-19(25-11-13(8-9-20)22-12-25)23-17(16)26(15)14-6-4-5-7-14/h10-12,14-15H,3-9,20H2,1-2H3;10-12,14-15H,3-8H2,1-2H3/t2*15-/m11/s1. The summed E-state index contributed by atoms with van der Waals surface area (Å²) in [5.41, 5.74) is 8.76. The molecule has 0 radical (unpaired) electrons. The third-order valence-electron chi connectivity index (χ3n) is 11.2. The fraction of sp³-hybridized carbons (Fsp3) is 0.553. The number of hydrogen-bond acceptors (Lipinski definition) is 12. The fourth-order valence-corrected chi connectivity index (χ4v) is 8.39. The second kappa shape index (κ2) is 15.9. The van der Waals surface area contributed by atoms with E-state index in [1.54, 1.807) is 52.7 Å². The summed E-state index contributed by atoms with van der Waals surface area (Å²) in [5.74, 6) is 2.98. The van der Waals surface area contributed by atoms with Crippen LogP contribution in [-0.4, -0.2) is 95.7 Å². The SMILES string of the molecule is CC[C@@H]1C(=O)N(C)c2cnc(-n3cnc(CC#N)c3)nc2N1C1CCCC1.CC[C@@H]1C(=O)N(C)c2cnc(-n3cnc(CCN)c3)nc2N1C1CCCC1. The van der Waals surface area contributed by atoms with Crippen molar-refractivity contribution in [2.45, 2.75) is 115 Å². The largest absolute Gasteiger partial charge is 0.340 e. The van der Waals surface area contributed by atoms with Gasteiger partial charge in [-0.05, 0) is 45.1 Å². The van der Waals surface area contributed by atoms with Gasteiger partial charge in [0.2, 0.25) is 23.7 Å². The first-order chi connectivity index (χ1) is 26.3.